The highest BCUT2D eigenvalue weighted by Gasteiger charge is 2.51. The highest BCUT2D eigenvalue weighted by molar-refractivity contribution is 6.12. The molecule has 3 aliphatic rings. The van der Waals surface area contributed by atoms with Crippen LogP contribution in [0.15, 0.2) is 60.9 Å². The Morgan fingerprint density at radius 3 is 2.55 bits per heavy atom. The second kappa shape index (κ2) is 6.88. The molecule has 0 radical (unpaired) electrons. The molecule has 166 valence electrons. The van der Waals surface area contributed by atoms with Gasteiger partial charge in [0.15, 0.2) is 5.82 Å². The molecule has 2 atom stereocenters. The molecule has 0 N–H and O–H groups in total. The van der Waals surface area contributed by atoms with E-state index in [0.29, 0.717) is 11.4 Å². The van der Waals surface area contributed by atoms with E-state index in [1.165, 1.54) is 0 Å². The molecule has 7 nitrogen and oxygen atoms in total. The zero-order chi connectivity index (χ0) is 22.9. The smallest absolute Gasteiger partial charge is 0.260 e. The van der Waals surface area contributed by atoms with Crippen molar-refractivity contribution >= 4 is 29.1 Å². The van der Waals surface area contributed by atoms with Crippen LogP contribution in [0.1, 0.15) is 54.2 Å². The van der Waals surface area contributed by atoms with Gasteiger partial charge in [0, 0.05) is 30.5 Å². The van der Waals surface area contributed by atoms with Crippen molar-refractivity contribution in [1.82, 2.24) is 9.97 Å². The van der Waals surface area contributed by atoms with Gasteiger partial charge in [-0.05, 0) is 62.1 Å². The number of anilines is 3. The molecular formula is C26H25N5O2. The van der Waals surface area contributed by atoms with Crippen LogP contribution >= 0.6 is 0 Å². The summed E-state index contributed by atoms with van der Waals surface area (Å²) in [6, 6.07) is 14.7. The molecule has 1 aliphatic carbocycles. The minimum Gasteiger partial charge on any atom is -0.338 e. The third-order valence-corrected chi connectivity index (χ3v) is 7.27. The van der Waals surface area contributed by atoms with Gasteiger partial charge in [-0.1, -0.05) is 24.3 Å². The standard InChI is InChI=1S/C26H25N5O2/c1-16-24(32)29(3)20-10-11-21(28-23(20)31(16)26(2)12-13-26)30-22(17-7-6-14-27-15-17)18-8-4-5-9-19(18)25(30)33/h4-11,14-16,22H,12-13H2,1-3H3. The lowest BCUT2D eigenvalue weighted by Crippen LogP contribution is -2.55. The topological polar surface area (TPSA) is 69.6 Å². The zero-order valence-electron chi connectivity index (χ0n) is 18.9. The van der Waals surface area contributed by atoms with E-state index >= 15 is 0 Å². The van der Waals surface area contributed by atoms with Gasteiger partial charge in [-0.25, -0.2) is 4.98 Å². The summed E-state index contributed by atoms with van der Waals surface area (Å²) in [6.07, 6.45) is 5.58. The van der Waals surface area contributed by atoms with Crippen LogP contribution in [0, 0.1) is 0 Å². The number of benzene rings is 1. The van der Waals surface area contributed by atoms with Crippen molar-refractivity contribution in [3.05, 3.63) is 77.6 Å². The molecule has 3 aromatic rings. The highest BCUT2D eigenvalue weighted by Crippen LogP contribution is 2.50. The first kappa shape index (κ1) is 19.9. The van der Waals surface area contributed by atoms with E-state index in [-0.39, 0.29) is 29.4 Å². The molecule has 2 aromatic heterocycles. The summed E-state index contributed by atoms with van der Waals surface area (Å²) in [4.78, 5) is 41.5. The van der Waals surface area contributed by atoms with Crippen molar-refractivity contribution in [1.29, 1.82) is 0 Å². The minimum absolute atomic E-state index is 0.0584. The van der Waals surface area contributed by atoms with Crippen LogP contribution in [0.25, 0.3) is 0 Å². The molecule has 7 heteroatoms. The first-order valence-corrected chi connectivity index (χ1v) is 11.3. The molecule has 1 aromatic carbocycles. The number of aromatic nitrogens is 2. The molecule has 2 amide bonds. The summed E-state index contributed by atoms with van der Waals surface area (Å²) in [5.41, 5.74) is 3.25. The molecule has 4 heterocycles. The normalized spacial score (nSPS) is 22.9. The van der Waals surface area contributed by atoms with Crippen molar-refractivity contribution in [3.63, 3.8) is 0 Å². The van der Waals surface area contributed by atoms with Crippen LogP contribution in [0.3, 0.4) is 0 Å². The summed E-state index contributed by atoms with van der Waals surface area (Å²) < 4.78 is 0. The van der Waals surface area contributed by atoms with Gasteiger partial charge >= 0.3 is 0 Å². The molecule has 1 fully saturated rings. The Morgan fingerprint density at radius 1 is 1.03 bits per heavy atom. The Kier molecular flexibility index (Phi) is 4.15. The van der Waals surface area contributed by atoms with Gasteiger partial charge in [0.2, 0.25) is 5.91 Å². The largest absolute Gasteiger partial charge is 0.338 e. The number of amides is 2. The summed E-state index contributed by atoms with van der Waals surface area (Å²) >= 11 is 0. The fourth-order valence-corrected chi connectivity index (χ4v) is 5.26. The predicted molar refractivity (Wildman–Crippen MR) is 127 cm³/mol. The van der Waals surface area contributed by atoms with Crippen LogP contribution in [-0.2, 0) is 4.79 Å². The number of carbonyl (C=O) groups is 2. The second-order valence-corrected chi connectivity index (χ2v) is 9.40. The third kappa shape index (κ3) is 2.81. The number of hydrogen-bond acceptors (Lipinski definition) is 5. The average Bonchev–Trinajstić information content (AvgIpc) is 3.50. The number of likely N-dealkylation sites (N-methyl/N-ethyl adjacent to an activating group) is 1. The number of fused-ring (bicyclic) bond motifs is 2. The maximum absolute atomic E-state index is 13.6. The van der Waals surface area contributed by atoms with Crippen LogP contribution in [0.2, 0.25) is 0 Å². The van der Waals surface area contributed by atoms with Crippen LogP contribution in [0.5, 0.6) is 0 Å². The van der Waals surface area contributed by atoms with Crippen LogP contribution < -0.4 is 14.7 Å². The van der Waals surface area contributed by atoms with E-state index in [4.69, 9.17) is 4.98 Å². The van der Waals surface area contributed by atoms with Gasteiger partial charge in [0.1, 0.15) is 11.9 Å². The fourth-order valence-electron chi connectivity index (χ4n) is 5.26. The SMILES string of the molecule is CC1C(=O)N(C)c2ccc(N3C(=O)c4ccccc4C3c3cccnc3)nc2N1C1(C)CC1. The van der Waals surface area contributed by atoms with E-state index in [9.17, 15) is 9.59 Å². The first-order valence-electron chi connectivity index (χ1n) is 11.3. The fraction of sp³-hybridized carbons (Fsp3) is 0.308. The number of nitrogens with zero attached hydrogens (tertiary/aromatic N) is 5. The van der Waals surface area contributed by atoms with E-state index in [1.807, 2.05) is 55.5 Å². The lowest BCUT2D eigenvalue weighted by Gasteiger charge is -2.43. The van der Waals surface area contributed by atoms with Gasteiger partial charge in [0.05, 0.1) is 11.7 Å². The van der Waals surface area contributed by atoms with Gasteiger partial charge in [-0.15, -0.1) is 0 Å². The Hall–Kier alpha value is -3.74. The number of carbonyl (C=O) groups excluding carboxylic acids is 2. The molecule has 33 heavy (non-hydrogen) atoms. The summed E-state index contributed by atoms with van der Waals surface area (Å²) in [5, 5.41) is 0. The molecule has 2 unspecified atom stereocenters. The third-order valence-electron chi connectivity index (χ3n) is 7.27. The Balaban J connectivity index is 1.52. The molecule has 0 saturated heterocycles. The molecule has 6 rings (SSSR count). The highest BCUT2D eigenvalue weighted by atomic mass is 16.2. The molecular weight excluding hydrogens is 414 g/mol. The minimum atomic E-state index is -0.307. The predicted octanol–water partition coefficient (Wildman–Crippen LogP) is 3.95. The van der Waals surface area contributed by atoms with Crippen LogP contribution in [-0.4, -0.2) is 40.4 Å². The summed E-state index contributed by atoms with van der Waals surface area (Å²) in [7, 11) is 1.79. The van der Waals surface area contributed by atoms with Gasteiger partial charge in [0.25, 0.3) is 5.91 Å². The lowest BCUT2D eigenvalue weighted by molar-refractivity contribution is -0.119. The van der Waals surface area contributed by atoms with Crippen molar-refractivity contribution in [3.8, 4) is 0 Å². The molecule has 0 bridgehead atoms. The number of rotatable bonds is 3. The van der Waals surface area contributed by atoms with E-state index in [2.05, 4.69) is 16.8 Å². The van der Waals surface area contributed by atoms with E-state index in [0.717, 1.165) is 35.5 Å². The van der Waals surface area contributed by atoms with Crippen molar-refractivity contribution < 1.29 is 9.59 Å². The molecule has 2 aliphatic heterocycles. The van der Waals surface area contributed by atoms with Crippen LogP contribution in [0.4, 0.5) is 17.3 Å². The van der Waals surface area contributed by atoms with E-state index in [1.54, 1.807) is 29.2 Å². The Bertz CT molecular complexity index is 1290. The van der Waals surface area contributed by atoms with Gasteiger partial charge in [-0.3, -0.25) is 19.5 Å². The van der Waals surface area contributed by atoms with Crippen molar-refractivity contribution in [2.75, 3.05) is 21.7 Å². The number of pyridine rings is 2. The van der Waals surface area contributed by atoms with E-state index < -0.39 is 0 Å². The van der Waals surface area contributed by atoms with Crippen molar-refractivity contribution in [2.24, 2.45) is 0 Å². The Morgan fingerprint density at radius 2 is 1.82 bits per heavy atom. The number of hydrogen-bond donors (Lipinski definition) is 0. The average molecular weight is 440 g/mol. The van der Waals surface area contributed by atoms with Gasteiger partial charge in [-0.2, -0.15) is 0 Å². The summed E-state index contributed by atoms with van der Waals surface area (Å²) in [6.45, 7) is 4.12. The Labute approximate surface area is 192 Å². The lowest BCUT2D eigenvalue weighted by atomic mass is 9.99. The maximum atomic E-state index is 13.6. The summed E-state index contributed by atoms with van der Waals surface area (Å²) in [5.74, 6) is 1.32. The zero-order valence-corrected chi connectivity index (χ0v) is 18.9. The monoisotopic (exact) mass is 439 g/mol. The first-order chi connectivity index (χ1) is 15.9. The van der Waals surface area contributed by atoms with Gasteiger partial charge < -0.3 is 9.80 Å². The van der Waals surface area contributed by atoms with Crippen molar-refractivity contribution in [2.45, 2.75) is 44.3 Å². The second-order valence-electron chi connectivity index (χ2n) is 9.40. The molecule has 1 saturated carbocycles. The quantitative estimate of drug-likeness (QED) is 0.618. The molecule has 0 spiro atoms. The maximum Gasteiger partial charge on any atom is 0.260 e.